The minimum absolute atomic E-state index is 0.849. The average Bonchev–Trinajstić information content (AvgIpc) is 2.11. The van der Waals surface area contributed by atoms with Gasteiger partial charge in [0.05, 0.1) is 0 Å². The first kappa shape index (κ1) is 15.0. The zero-order valence-corrected chi connectivity index (χ0v) is 12.0. The van der Waals surface area contributed by atoms with E-state index in [0.29, 0.717) is 0 Å². The molecule has 0 saturated heterocycles. The van der Waals surface area contributed by atoms with E-state index in [0.717, 1.165) is 29.6 Å². The molecule has 0 rings (SSSR count). The quantitative estimate of drug-likeness (QED) is 0.531. The van der Waals surface area contributed by atoms with Crippen LogP contribution in [0.2, 0.25) is 0 Å². The molecule has 0 aliphatic heterocycles. The maximum atomic E-state index is 2.44. The molecule has 0 aromatic heterocycles. The molecule has 3 unspecified atom stereocenters. The van der Waals surface area contributed by atoms with Crippen LogP contribution in [-0.4, -0.2) is 0 Å². The second-order valence-electron chi connectivity index (χ2n) is 6.23. The fourth-order valence-corrected chi connectivity index (χ4v) is 2.60. The molecule has 0 aromatic rings. The zero-order chi connectivity index (χ0) is 12.0. The van der Waals surface area contributed by atoms with Crippen molar-refractivity contribution in [3.63, 3.8) is 0 Å². The summed E-state index contributed by atoms with van der Waals surface area (Å²) in [5, 5.41) is 0. The molecule has 0 N–H and O–H groups in total. The molecule has 0 bridgehead atoms. The van der Waals surface area contributed by atoms with Crippen LogP contribution in [0.15, 0.2) is 0 Å². The first-order valence-corrected chi connectivity index (χ1v) is 6.88. The molecule has 0 aromatic carbocycles. The Bertz CT molecular complexity index is 146. The third kappa shape index (κ3) is 6.22. The van der Waals surface area contributed by atoms with E-state index in [-0.39, 0.29) is 0 Å². The predicted molar refractivity (Wildman–Crippen MR) is 71.0 cm³/mol. The monoisotopic (exact) mass is 212 g/mol. The van der Waals surface area contributed by atoms with Crippen molar-refractivity contribution < 1.29 is 0 Å². The van der Waals surface area contributed by atoms with Gasteiger partial charge in [-0.25, -0.2) is 0 Å². The summed E-state index contributed by atoms with van der Waals surface area (Å²) in [5.41, 5.74) is 0. The number of hydrogen-bond acceptors (Lipinski definition) is 0. The molecule has 0 fully saturated rings. The summed E-state index contributed by atoms with van der Waals surface area (Å²) in [5.74, 6) is 4.40. The number of rotatable bonds is 7. The Hall–Kier alpha value is 0. The van der Waals surface area contributed by atoms with Crippen molar-refractivity contribution in [2.75, 3.05) is 0 Å². The van der Waals surface area contributed by atoms with Gasteiger partial charge in [-0.05, 0) is 42.4 Å². The second kappa shape index (κ2) is 7.30. The van der Waals surface area contributed by atoms with Crippen LogP contribution in [-0.2, 0) is 0 Å². The van der Waals surface area contributed by atoms with E-state index >= 15 is 0 Å². The minimum atomic E-state index is 0.849. The fourth-order valence-electron chi connectivity index (χ4n) is 2.60. The molecule has 0 nitrogen and oxygen atoms in total. The molecule has 3 atom stereocenters. The highest BCUT2D eigenvalue weighted by Crippen LogP contribution is 2.30. The summed E-state index contributed by atoms with van der Waals surface area (Å²) in [7, 11) is 0. The highest BCUT2D eigenvalue weighted by Gasteiger charge is 2.19. The van der Waals surface area contributed by atoms with Gasteiger partial charge in [0.1, 0.15) is 0 Å². The topological polar surface area (TPSA) is 0 Å². The van der Waals surface area contributed by atoms with Crippen molar-refractivity contribution in [3.8, 4) is 0 Å². The maximum Gasteiger partial charge on any atom is -0.0391 e. The van der Waals surface area contributed by atoms with Crippen molar-refractivity contribution in [2.24, 2.45) is 29.6 Å². The molecular formula is C15H32. The van der Waals surface area contributed by atoms with Gasteiger partial charge in [-0.15, -0.1) is 0 Å². The van der Waals surface area contributed by atoms with Crippen LogP contribution < -0.4 is 0 Å². The summed E-state index contributed by atoms with van der Waals surface area (Å²) >= 11 is 0. The van der Waals surface area contributed by atoms with Gasteiger partial charge in [0.25, 0.3) is 0 Å². The van der Waals surface area contributed by atoms with Crippen LogP contribution in [0.25, 0.3) is 0 Å². The third-order valence-electron chi connectivity index (χ3n) is 3.96. The van der Waals surface area contributed by atoms with Crippen molar-refractivity contribution in [3.05, 3.63) is 0 Å². The van der Waals surface area contributed by atoms with Crippen LogP contribution in [0.5, 0.6) is 0 Å². The zero-order valence-electron chi connectivity index (χ0n) is 12.0. The van der Waals surface area contributed by atoms with Gasteiger partial charge >= 0.3 is 0 Å². The van der Waals surface area contributed by atoms with E-state index in [1.165, 1.54) is 19.3 Å². The maximum absolute atomic E-state index is 2.44. The Morgan fingerprint density at radius 2 is 1.20 bits per heavy atom. The van der Waals surface area contributed by atoms with Gasteiger partial charge < -0.3 is 0 Å². The Kier molecular flexibility index (Phi) is 7.30. The van der Waals surface area contributed by atoms with Gasteiger partial charge in [0, 0.05) is 0 Å². The molecule has 0 aliphatic rings. The first-order valence-electron chi connectivity index (χ1n) is 6.88. The SMILES string of the molecule is CCC(CC(C)C(C)CC(C)C)C(C)C. The van der Waals surface area contributed by atoms with Crippen LogP contribution in [0.3, 0.4) is 0 Å². The van der Waals surface area contributed by atoms with Crippen molar-refractivity contribution in [1.82, 2.24) is 0 Å². The van der Waals surface area contributed by atoms with E-state index in [2.05, 4.69) is 48.5 Å². The van der Waals surface area contributed by atoms with Crippen LogP contribution >= 0.6 is 0 Å². The van der Waals surface area contributed by atoms with Crippen molar-refractivity contribution >= 4 is 0 Å². The van der Waals surface area contributed by atoms with Crippen molar-refractivity contribution in [2.45, 2.75) is 67.7 Å². The fraction of sp³-hybridized carbons (Fsp3) is 1.00. The molecule has 0 aliphatic carbocycles. The van der Waals surface area contributed by atoms with Gasteiger partial charge in [0.2, 0.25) is 0 Å². The molecule has 0 heterocycles. The Morgan fingerprint density at radius 1 is 0.733 bits per heavy atom. The van der Waals surface area contributed by atoms with Crippen LogP contribution in [0.4, 0.5) is 0 Å². The van der Waals surface area contributed by atoms with Crippen molar-refractivity contribution in [1.29, 1.82) is 0 Å². The normalized spacial score (nSPS) is 18.2. The second-order valence-corrected chi connectivity index (χ2v) is 6.23. The highest BCUT2D eigenvalue weighted by atomic mass is 14.2. The summed E-state index contributed by atoms with van der Waals surface area (Å²) in [6.07, 6.45) is 4.15. The predicted octanol–water partition coefficient (Wildman–Crippen LogP) is 5.38. The summed E-state index contributed by atoms with van der Waals surface area (Å²) in [6.45, 7) is 16.6. The van der Waals surface area contributed by atoms with Gasteiger partial charge in [-0.2, -0.15) is 0 Å². The summed E-state index contributed by atoms with van der Waals surface area (Å²) in [4.78, 5) is 0. The Morgan fingerprint density at radius 3 is 1.53 bits per heavy atom. The molecule has 15 heavy (non-hydrogen) atoms. The lowest BCUT2D eigenvalue weighted by molar-refractivity contribution is 0.231. The van der Waals surface area contributed by atoms with E-state index in [1.807, 2.05) is 0 Å². The lowest BCUT2D eigenvalue weighted by atomic mass is 9.78. The highest BCUT2D eigenvalue weighted by molar-refractivity contribution is 4.70. The average molecular weight is 212 g/mol. The molecular weight excluding hydrogens is 180 g/mol. The molecule has 0 radical (unpaired) electrons. The Balaban J connectivity index is 4.03. The third-order valence-corrected chi connectivity index (χ3v) is 3.96. The molecule has 0 saturated carbocycles. The van der Waals surface area contributed by atoms with Gasteiger partial charge in [0.15, 0.2) is 0 Å². The van der Waals surface area contributed by atoms with E-state index in [9.17, 15) is 0 Å². The Labute approximate surface area is 97.8 Å². The van der Waals surface area contributed by atoms with E-state index in [1.54, 1.807) is 0 Å². The van der Waals surface area contributed by atoms with Crippen LogP contribution in [0.1, 0.15) is 67.7 Å². The smallest absolute Gasteiger partial charge is 0.0391 e. The molecule has 92 valence electrons. The summed E-state index contributed by atoms with van der Waals surface area (Å²) < 4.78 is 0. The standard InChI is InChI=1S/C15H32/c1-8-15(12(4)5)10-14(7)13(6)9-11(2)3/h11-15H,8-10H2,1-7H3. The first-order chi connectivity index (χ1) is 6.88. The molecule has 0 heteroatoms. The van der Waals surface area contributed by atoms with Crippen LogP contribution in [0, 0.1) is 29.6 Å². The van der Waals surface area contributed by atoms with E-state index < -0.39 is 0 Å². The largest absolute Gasteiger partial charge is 0.0651 e. The number of hydrogen-bond donors (Lipinski definition) is 0. The van der Waals surface area contributed by atoms with E-state index in [4.69, 9.17) is 0 Å². The van der Waals surface area contributed by atoms with Gasteiger partial charge in [-0.1, -0.05) is 54.9 Å². The molecule has 0 amide bonds. The molecule has 0 spiro atoms. The lowest BCUT2D eigenvalue weighted by Crippen LogP contribution is -2.17. The lowest BCUT2D eigenvalue weighted by Gasteiger charge is -2.27. The van der Waals surface area contributed by atoms with Gasteiger partial charge in [-0.3, -0.25) is 0 Å². The summed E-state index contributed by atoms with van der Waals surface area (Å²) in [6, 6.07) is 0. The minimum Gasteiger partial charge on any atom is -0.0651 e.